The van der Waals surface area contributed by atoms with Crippen LogP contribution >= 0.6 is 0 Å². The lowest BCUT2D eigenvalue weighted by Crippen LogP contribution is -2.35. The molecule has 0 bridgehead atoms. The molecule has 120 valence electrons. The normalized spacial score (nSPS) is 16.5. The van der Waals surface area contributed by atoms with Gasteiger partial charge in [0.05, 0.1) is 11.0 Å². The van der Waals surface area contributed by atoms with Crippen LogP contribution in [-0.4, -0.2) is 30.7 Å². The van der Waals surface area contributed by atoms with Gasteiger partial charge >= 0.3 is 5.97 Å². The highest BCUT2D eigenvalue weighted by atomic mass is 16.5. The topological polar surface area (TPSA) is 75.6 Å². The van der Waals surface area contributed by atoms with Crippen molar-refractivity contribution in [3.8, 4) is 0 Å². The molecule has 1 fully saturated rings. The number of methoxy groups -OCH3 is 1. The van der Waals surface area contributed by atoms with Crippen molar-refractivity contribution < 1.29 is 19.4 Å². The minimum atomic E-state index is -0.983. The molecular formula is C17H23NO4. The van der Waals surface area contributed by atoms with Gasteiger partial charge in [-0.3, -0.25) is 4.79 Å². The molecule has 1 aliphatic rings. The molecule has 5 heteroatoms. The van der Waals surface area contributed by atoms with Crippen LogP contribution in [0.1, 0.15) is 48.0 Å². The van der Waals surface area contributed by atoms with E-state index in [9.17, 15) is 14.7 Å². The fraction of sp³-hybridized carbons (Fsp3) is 0.529. The second kappa shape index (κ2) is 6.92. The summed E-state index contributed by atoms with van der Waals surface area (Å²) in [5, 5.41) is 12.1. The Balaban J connectivity index is 2.16. The van der Waals surface area contributed by atoms with Crippen LogP contribution in [0.5, 0.6) is 0 Å². The number of nitrogens with one attached hydrogen (secondary N) is 1. The van der Waals surface area contributed by atoms with Crippen LogP contribution < -0.4 is 5.32 Å². The van der Waals surface area contributed by atoms with Crippen LogP contribution in [0.3, 0.4) is 0 Å². The van der Waals surface area contributed by atoms with E-state index in [0.29, 0.717) is 24.3 Å². The first kappa shape index (κ1) is 16.5. The number of aryl methyl sites for hydroxylation is 1. The van der Waals surface area contributed by atoms with Crippen LogP contribution in [0, 0.1) is 12.3 Å². The maximum atomic E-state index is 12.7. The number of carboxylic acid groups (broad SMARTS) is 1. The molecule has 1 aliphatic carbocycles. The zero-order chi connectivity index (χ0) is 16.2. The lowest BCUT2D eigenvalue weighted by atomic mass is 9.82. The number of anilines is 1. The lowest BCUT2D eigenvalue weighted by molar-refractivity contribution is -0.126. The maximum Gasteiger partial charge on any atom is 0.336 e. The number of amides is 1. The van der Waals surface area contributed by atoms with E-state index < -0.39 is 5.97 Å². The zero-order valence-electron chi connectivity index (χ0n) is 13.1. The van der Waals surface area contributed by atoms with E-state index in [1.54, 1.807) is 26.2 Å². The summed E-state index contributed by atoms with van der Waals surface area (Å²) in [5.41, 5.74) is 1.05. The van der Waals surface area contributed by atoms with Crippen LogP contribution in [0.2, 0.25) is 0 Å². The highest BCUT2D eigenvalue weighted by molar-refractivity contribution is 5.97. The third-order valence-electron chi connectivity index (χ3n) is 4.55. The third kappa shape index (κ3) is 3.47. The van der Waals surface area contributed by atoms with Crippen molar-refractivity contribution in [1.82, 2.24) is 0 Å². The van der Waals surface area contributed by atoms with Gasteiger partial charge in [0.2, 0.25) is 5.91 Å². The molecule has 0 radical (unpaired) electrons. The van der Waals surface area contributed by atoms with Crippen LogP contribution in [-0.2, 0) is 9.53 Å². The minimum absolute atomic E-state index is 0.0257. The standard InChI is InChI=1S/C17H23NO4/c1-12-5-6-13(11-14(12)15(19)20)18-16(21)17(9-10-22-2)7-3-4-8-17/h5-6,11H,3-4,7-10H2,1-2H3,(H,18,21)(H,19,20). The van der Waals surface area contributed by atoms with E-state index in [1.807, 2.05) is 0 Å². The van der Waals surface area contributed by atoms with E-state index in [1.165, 1.54) is 6.07 Å². The molecule has 2 N–H and O–H groups in total. The summed E-state index contributed by atoms with van der Waals surface area (Å²) in [7, 11) is 1.64. The Morgan fingerprint density at radius 1 is 1.32 bits per heavy atom. The Labute approximate surface area is 130 Å². The zero-order valence-corrected chi connectivity index (χ0v) is 13.1. The van der Waals surface area contributed by atoms with E-state index in [4.69, 9.17) is 4.74 Å². The third-order valence-corrected chi connectivity index (χ3v) is 4.55. The molecular weight excluding hydrogens is 282 g/mol. The van der Waals surface area contributed by atoms with Gasteiger partial charge in [0.1, 0.15) is 0 Å². The van der Waals surface area contributed by atoms with Crippen molar-refractivity contribution in [2.45, 2.75) is 39.0 Å². The van der Waals surface area contributed by atoms with E-state index in [0.717, 1.165) is 25.7 Å². The number of carbonyl (C=O) groups excluding carboxylic acids is 1. The van der Waals surface area contributed by atoms with Crippen LogP contribution in [0.25, 0.3) is 0 Å². The highest BCUT2D eigenvalue weighted by Crippen LogP contribution is 2.42. The van der Waals surface area contributed by atoms with E-state index in [-0.39, 0.29) is 16.9 Å². The lowest BCUT2D eigenvalue weighted by Gasteiger charge is -2.27. The Kier molecular flexibility index (Phi) is 5.19. The molecule has 0 aliphatic heterocycles. The summed E-state index contributed by atoms with van der Waals surface area (Å²) in [6, 6.07) is 4.99. The summed E-state index contributed by atoms with van der Waals surface area (Å²) in [6.45, 7) is 2.30. The van der Waals surface area contributed by atoms with Gasteiger partial charge in [0.15, 0.2) is 0 Å². The molecule has 1 amide bonds. The number of ether oxygens (including phenoxy) is 1. The van der Waals surface area contributed by atoms with Crippen molar-refractivity contribution in [1.29, 1.82) is 0 Å². The SMILES string of the molecule is COCCC1(C(=O)Nc2ccc(C)c(C(=O)O)c2)CCCC1. The monoisotopic (exact) mass is 305 g/mol. The molecule has 0 unspecified atom stereocenters. The number of hydrogen-bond acceptors (Lipinski definition) is 3. The number of benzene rings is 1. The number of rotatable bonds is 6. The molecule has 1 saturated carbocycles. The molecule has 0 atom stereocenters. The summed E-state index contributed by atoms with van der Waals surface area (Å²) in [6.07, 6.45) is 4.52. The van der Waals surface area contributed by atoms with Crippen molar-refractivity contribution in [2.75, 3.05) is 19.0 Å². The molecule has 1 aromatic rings. The average molecular weight is 305 g/mol. The first-order valence-electron chi connectivity index (χ1n) is 7.63. The maximum absolute atomic E-state index is 12.7. The van der Waals surface area contributed by atoms with Crippen molar-refractivity contribution >= 4 is 17.6 Å². The molecule has 22 heavy (non-hydrogen) atoms. The van der Waals surface area contributed by atoms with Gasteiger partial charge in [-0.15, -0.1) is 0 Å². The van der Waals surface area contributed by atoms with Gasteiger partial charge in [-0.1, -0.05) is 18.9 Å². The predicted octanol–water partition coefficient (Wildman–Crippen LogP) is 3.23. The Bertz CT molecular complexity index is 562. The summed E-state index contributed by atoms with van der Waals surface area (Å²) >= 11 is 0. The fourth-order valence-electron chi connectivity index (χ4n) is 3.13. The summed E-state index contributed by atoms with van der Waals surface area (Å²) in [5.74, 6) is -1.01. The van der Waals surface area contributed by atoms with Gasteiger partial charge in [-0.05, 0) is 43.9 Å². The molecule has 0 spiro atoms. The van der Waals surface area contributed by atoms with Crippen LogP contribution in [0.15, 0.2) is 18.2 Å². The van der Waals surface area contributed by atoms with Gasteiger partial charge in [0, 0.05) is 19.4 Å². The Morgan fingerprint density at radius 3 is 2.59 bits per heavy atom. The fourth-order valence-corrected chi connectivity index (χ4v) is 3.13. The first-order chi connectivity index (χ1) is 10.5. The minimum Gasteiger partial charge on any atom is -0.478 e. The smallest absolute Gasteiger partial charge is 0.336 e. The Morgan fingerprint density at radius 2 is 2.00 bits per heavy atom. The first-order valence-corrected chi connectivity index (χ1v) is 7.63. The second-order valence-electron chi connectivity index (χ2n) is 6.02. The van der Waals surface area contributed by atoms with Crippen LogP contribution in [0.4, 0.5) is 5.69 Å². The number of carboxylic acids is 1. The number of carbonyl (C=O) groups is 2. The predicted molar refractivity (Wildman–Crippen MR) is 84.2 cm³/mol. The molecule has 0 saturated heterocycles. The van der Waals surface area contributed by atoms with Crippen molar-refractivity contribution in [2.24, 2.45) is 5.41 Å². The van der Waals surface area contributed by atoms with Gasteiger partial charge in [0.25, 0.3) is 0 Å². The van der Waals surface area contributed by atoms with E-state index >= 15 is 0 Å². The number of aromatic carboxylic acids is 1. The van der Waals surface area contributed by atoms with Crippen molar-refractivity contribution in [3.63, 3.8) is 0 Å². The number of hydrogen-bond donors (Lipinski definition) is 2. The van der Waals surface area contributed by atoms with Crippen molar-refractivity contribution in [3.05, 3.63) is 29.3 Å². The van der Waals surface area contributed by atoms with E-state index in [2.05, 4.69) is 5.32 Å². The van der Waals surface area contributed by atoms with Gasteiger partial charge < -0.3 is 15.2 Å². The quantitative estimate of drug-likeness (QED) is 0.846. The molecule has 0 aromatic heterocycles. The second-order valence-corrected chi connectivity index (χ2v) is 6.02. The Hall–Kier alpha value is -1.88. The molecule has 2 rings (SSSR count). The summed E-state index contributed by atoms with van der Waals surface area (Å²) < 4.78 is 5.14. The molecule has 1 aromatic carbocycles. The van der Waals surface area contributed by atoms with Gasteiger partial charge in [-0.25, -0.2) is 4.79 Å². The largest absolute Gasteiger partial charge is 0.478 e. The highest BCUT2D eigenvalue weighted by Gasteiger charge is 2.40. The molecule has 0 heterocycles. The molecule has 5 nitrogen and oxygen atoms in total. The summed E-state index contributed by atoms with van der Waals surface area (Å²) in [4.78, 5) is 23.9. The average Bonchev–Trinajstić information content (AvgIpc) is 2.97. The van der Waals surface area contributed by atoms with Gasteiger partial charge in [-0.2, -0.15) is 0 Å².